The van der Waals surface area contributed by atoms with Crippen molar-refractivity contribution in [3.63, 3.8) is 0 Å². The first kappa shape index (κ1) is 12.6. The number of carbonyl (C=O) groups excluding carboxylic acids is 1. The summed E-state index contributed by atoms with van der Waals surface area (Å²) in [6, 6.07) is 7.48. The molecule has 4 heteroatoms. The molecule has 1 aromatic rings. The highest BCUT2D eigenvalue weighted by molar-refractivity contribution is 9.10. The minimum atomic E-state index is 0.0184. The predicted octanol–water partition coefficient (Wildman–Crippen LogP) is 2.18. The second-order valence-electron chi connectivity index (χ2n) is 4.41. The van der Waals surface area contributed by atoms with Crippen LogP contribution in [0, 0.1) is 5.92 Å². The molecule has 0 aliphatic carbocycles. The summed E-state index contributed by atoms with van der Waals surface area (Å²) in [6.07, 6.45) is 2.30. The van der Waals surface area contributed by atoms with E-state index in [4.69, 9.17) is 0 Å². The van der Waals surface area contributed by atoms with Gasteiger partial charge in [-0.15, -0.1) is 0 Å². The van der Waals surface area contributed by atoms with Gasteiger partial charge in [-0.25, -0.2) is 0 Å². The highest BCUT2D eigenvalue weighted by atomic mass is 79.9. The van der Waals surface area contributed by atoms with Gasteiger partial charge in [0.05, 0.1) is 0 Å². The zero-order valence-electron chi connectivity index (χ0n) is 9.71. The number of hydrogen-bond donors (Lipinski definition) is 2. The van der Waals surface area contributed by atoms with Gasteiger partial charge >= 0.3 is 0 Å². The van der Waals surface area contributed by atoms with Crippen molar-refractivity contribution in [3.8, 4) is 0 Å². The zero-order chi connectivity index (χ0) is 12.1. The van der Waals surface area contributed by atoms with E-state index in [0.717, 1.165) is 36.9 Å². The normalized spacial score (nSPS) is 16.8. The molecule has 0 bridgehead atoms. The fourth-order valence-electron chi connectivity index (χ4n) is 2.05. The van der Waals surface area contributed by atoms with Gasteiger partial charge in [-0.2, -0.15) is 0 Å². The Labute approximate surface area is 110 Å². The van der Waals surface area contributed by atoms with E-state index in [1.807, 2.05) is 24.3 Å². The van der Waals surface area contributed by atoms with E-state index < -0.39 is 0 Å². The Morgan fingerprint density at radius 1 is 1.41 bits per heavy atom. The van der Waals surface area contributed by atoms with E-state index in [-0.39, 0.29) is 5.91 Å². The van der Waals surface area contributed by atoms with Gasteiger partial charge in [0.15, 0.2) is 0 Å². The summed E-state index contributed by atoms with van der Waals surface area (Å²) in [5.41, 5.74) is 0.716. The number of halogens is 1. The average Bonchev–Trinajstić information content (AvgIpc) is 2.37. The Hall–Kier alpha value is -0.870. The lowest BCUT2D eigenvalue weighted by atomic mass is 9.98. The van der Waals surface area contributed by atoms with E-state index in [0.29, 0.717) is 11.5 Å². The summed E-state index contributed by atoms with van der Waals surface area (Å²) in [5.74, 6) is 0.636. The average molecular weight is 297 g/mol. The second kappa shape index (κ2) is 6.17. The maximum absolute atomic E-state index is 11.9. The summed E-state index contributed by atoms with van der Waals surface area (Å²) < 4.78 is 0.937. The first-order valence-electron chi connectivity index (χ1n) is 6.00. The van der Waals surface area contributed by atoms with Crippen LogP contribution in [0.5, 0.6) is 0 Å². The van der Waals surface area contributed by atoms with Crippen LogP contribution in [-0.2, 0) is 0 Å². The quantitative estimate of drug-likeness (QED) is 0.898. The monoisotopic (exact) mass is 296 g/mol. The van der Waals surface area contributed by atoms with E-state index in [9.17, 15) is 4.79 Å². The predicted molar refractivity (Wildman–Crippen MR) is 72.1 cm³/mol. The smallest absolute Gasteiger partial charge is 0.251 e. The van der Waals surface area contributed by atoms with Crippen LogP contribution >= 0.6 is 15.9 Å². The van der Waals surface area contributed by atoms with E-state index in [1.54, 1.807) is 0 Å². The third kappa shape index (κ3) is 3.82. The van der Waals surface area contributed by atoms with E-state index in [2.05, 4.69) is 26.6 Å². The Balaban J connectivity index is 1.84. The molecule has 1 fully saturated rings. The first-order valence-corrected chi connectivity index (χ1v) is 6.79. The molecular formula is C13H17BrN2O. The van der Waals surface area contributed by atoms with Crippen LogP contribution in [-0.4, -0.2) is 25.5 Å². The fourth-order valence-corrected chi connectivity index (χ4v) is 2.45. The molecule has 1 aliphatic heterocycles. The highest BCUT2D eigenvalue weighted by Gasteiger charge is 2.14. The van der Waals surface area contributed by atoms with Crippen LogP contribution < -0.4 is 10.6 Å². The van der Waals surface area contributed by atoms with Crippen molar-refractivity contribution in [2.75, 3.05) is 19.6 Å². The second-order valence-corrected chi connectivity index (χ2v) is 5.33. The summed E-state index contributed by atoms with van der Waals surface area (Å²) in [5, 5.41) is 6.33. The summed E-state index contributed by atoms with van der Waals surface area (Å²) in [7, 11) is 0. The molecule has 0 atom stereocenters. The summed E-state index contributed by atoms with van der Waals surface area (Å²) in [4.78, 5) is 11.9. The van der Waals surface area contributed by atoms with E-state index >= 15 is 0 Å². The van der Waals surface area contributed by atoms with Crippen molar-refractivity contribution in [2.24, 2.45) is 5.92 Å². The molecule has 1 saturated heterocycles. The molecule has 0 spiro atoms. The molecule has 2 rings (SSSR count). The number of hydrogen-bond acceptors (Lipinski definition) is 2. The van der Waals surface area contributed by atoms with Gasteiger partial charge in [0.2, 0.25) is 0 Å². The molecule has 1 aromatic carbocycles. The van der Waals surface area contributed by atoms with Gasteiger partial charge < -0.3 is 10.6 Å². The van der Waals surface area contributed by atoms with Gasteiger partial charge in [-0.3, -0.25) is 4.79 Å². The topological polar surface area (TPSA) is 41.1 Å². The molecule has 17 heavy (non-hydrogen) atoms. The lowest BCUT2D eigenvalue weighted by Gasteiger charge is -2.22. The Morgan fingerprint density at radius 2 is 2.18 bits per heavy atom. The molecule has 0 unspecified atom stereocenters. The number of piperidine rings is 1. The van der Waals surface area contributed by atoms with Crippen molar-refractivity contribution in [3.05, 3.63) is 34.3 Å². The molecule has 1 amide bonds. The van der Waals surface area contributed by atoms with Crippen LogP contribution in [0.3, 0.4) is 0 Å². The molecular weight excluding hydrogens is 280 g/mol. The van der Waals surface area contributed by atoms with Gasteiger partial charge in [0.25, 0.3) is 5.91 Å². The van der Waals surface area contributed by atoms with Crippen LogP contribution in [0.15, 0.2) is 28.7 Å². The summed E-state index contributed by atoms with van der Waals surface area (Å²) in [6.45, 7) is 2.92. The molecule has 0 saturated carbocycles. The Morgan fingerprint density at radius 3 is 2.88 bits per heavy atom. The maximum Gasteiger partial charge on any atom is 0.251 e. The van der Waals surface area contributed by atoms with Crippen LogP contribution in [0.25, 0.3) is 0 Å². The van der Waals surface area contributed by atoms with Crippen molar-refractivity contribution >= 4 is 21.8 Å². The number of carbonyl (C=O) groups is 1. The molecule has 0 radical (unpaired) electrons. The number of benzene rings is 1. The lowest BCUT2D eigenvalue weighted by Crippen LogP contribution is -2.35. The van der Waals surface area contributed by atoms with Gasteiger partial charge in [-0.1, -0.05) is 22.0 Å². The Bertz CT molecular complexity index is 389. The molecule has 1 aliphatic rings. The summed E-state index contributed by atoms with van der Waals surface area (Å²) >= 11 is 3.37. The van der Waals surface area contributed by atoms with Crippen LogP contribution in [0.4, 0.5) is 0 Å². The lowest BCUT2D eigenvalue weighted by molar-refractivity contribution is 0.0944. The third-order valence-corrected chi connectivity index (χ3v) is 3.59. The highest BCUT2D eigenvalue weighted by Crippen LogP contribution is 2.13. The molecule has 1 heterocycles. The van der Waals surface area contributed by atoms with Crippen molar-refractivity contribution in [1.29, 1.82) is 0 Å². The zero-order valence-corrected chi connectivity index (χ0v) is 11.3. The van der Waals surface area contributed by atoms with Crippen molar-refractivity contribution in [2.45, 2.75) is 12.8 Å². The van der Waals surface area contributed by atoms with Crippen LogP contribution in [0.1, 0.15) is 23.2 Å². The van der Waals surface area contributed by atoms with Gasteiger partial charge in [0.1, 0.15) is 0 Å². The minimum absolute atomic E-state index is 0.0184. The number of amides is 1. The van der Waals surface area contributed by atoms with Gasteiger partial charge in [0, 0.05) is 16.6 Å². The number of nitrogens with one attached hydrogen (secondary N) is 2. The first-order chi connectivity index (χ1) is 8.25. The molecule has 92 valence electrons. The standard InChI is InChI=1S/C13H17BrN2O/c14-12-3-1-2-11(8-12)13(17)16-9-10-4-6-15-7-5-10/h1-3,8,10,15H,4-7,9H2,(H,16,17). The van der Waals surface area contributed by atoms with E-state index in [1.165, 1.54) is 0 Å². The van der Waals surface area contributed by atoms with Crippen molar-refractivity contribution < 1.29 is 4.79 Å². The number of rotatable bonds is 3. The SMILES string of the molecule is O=C(NCC1CCNCC1)c1cccc(Br)c1. The van der Waals surface area contributed by atoms with Gasteiger partial charge in [-0.05, 0) is 50.0 Å². The molecule has 2 N–H and O–H groups in total. The molecule has 3 nitrogen and oxygen atoms in total. The van der Waals surface area contributed by atoms with Crippen molar-refractivity contribution in [1.82, 2.24) is 10.6 Å². The third-order valence-electron chi connectivity index (χ3n) is 3.10. The Kier molecular flexibility index (Phi) is 4.57. The minimum Gasteiger partial charge on any atom is -0.352 e. The molecule has 0 aromatic heterocycles. The van der Waals surface area contributed by atoms with Crippen LogP contribution in [0.2, 0.25) is 0 Å². The maximum atomic E-state index is 11.9. The fraction of sp³-hybridized carbons (Fsp3) is 0.462. The largest absolute Gasteiger partial charge is 0.352 e.